The number of hydrogen-bond acceptors (Lipinski definition) is 4. The summed E-state index contributed by atoms with van der Waals surface area (Å²) in [5, 5.41) is 3.01. The van der Waals surface area contributed by atoms with E-state index >= 15 is 0 Å². The van der Waals surface area contributed by atoms with Crippen LogP contribution in [-0.2, 0) is 4.74 Å². The highest BCUT2D eigenvalue weighted by molar-refractivity contribution is 5.93. The number of halogens is 1. The first-order valence-corrected chi connectivity index (χ1v) is 6.13. The molecule has 0 aliphatic heterocycles. The molecule has 0 aliphatic rings. The van der Waals surface area contributed by atoms with E-state index in [1.165, 1.54) is 18.2 Å². The molecule has 19 heavy (non-hydrogen) atoms. The van der Waals surface area contributed by atoms with Crippen LogP contribution in [0.3, 0.4) is 0 Å². The minimum absolute atomic E-state index is 0.0637. The van der Waals surface area contributed by atoms with Crippen LogP contribution in [0.25, 0.3) is 0 Å². The zero-order valence-corrected chi connectivity index (χ0v) is 11.0. The molecule has 0 spiro atoms. The maximum atomic E-state index is 13.7. The van der Waals surface area contributed by atoms with Gasteiger partial charge in [-0.2, -0.15) is 0 Å². The van der Waals surface area contributed by atoms with Crippen LogP contribution in [0, 0.1) is 5.82 Å². The number of carbonyl (C=O) groups excluding carboxylic acids is 1. The van der Waals surface area contributed by atoms with Crippen molar-refractivity contribution in [3.05, 3.63) is 29.6 Å². The molecule has 1 aromatic rings. The summed E-state index contributed by atoms with van der Waals surface area (Å²) in [4.78, 5) is 11.1. The first-order valence-electron chi connectivity index (χ1n) is 6.13. The summed E-state index contributed by atoms with van der Waals surface area (Å²) in [6.45, 7) is 0.992. The third-order valence-electron chi connectivity index (χ3n) is 2.74. The van der Waals surface area contributed by atoms with Crippen LogP contribution in [-0.4, -0.2) is 32.2 Å². The minimum atomic E-state index is -0.590. The van der Waals surface area contributed by atoms with Crippen molar-refractivity contribution in [3.63, 3.8) is 0 Å². The van der Waals surface area contributed by atoms with Crippen molar-refractivity contribution in [2.24, 2.45) is 11.5 Å². The Morgan fingerprint density at radius 2 is 2.26 bits per heavy atom. The summed E-state index contributed by atoms with van der Waals surface area (Å²) in [5.74, 6) is -1.02. The van der Waals surface area contributed by atoms with Gasteiger partial charge in [-0.15, -0.1) is 0 Å². The number of primary amides is 1. The molecular formula is C13H20FN3O2. The Morgan fingerprint density at radius 1 is 1.53 bits per heavy atom. The monoisotopic (exact) mass is 269 g/mol. The van der Waals surface area contributed by atoms with E-state index in [0.29, 0.717) is 13.2 Å². The molecular weight excluding hydrogens is 249 g/mol. The zero-order valence-electron chi connectivity index (χ0n) is 11.0. The number of methoxy groups -OCH3 is 1. The van der Waals surface area contributed by atoms with E-state index in [2.05, 4.69) is 5.32 Å². The van der Waals surface area contributed by atoms with Crippen molar-refractivity contribution in [1.29, 1.82) is 0 Å². The first-order chi connectivity index (χ1) is 9.08. The number of anilines is 1. The summed E-state index contributed by atoms with van der Waals surface area (Å²) in [7, 11) is 1.58. The summed E-state index contributed by atoms with van der Waals surface area (Å²) in [5.41, 5.74) is 11.1. The molecule has 0 bridgehead atoms. The summed E-state index contributed by atoms with van der Waals surface area (Å²) in [6.07, 6.45) is 1.56. The van der Waals surface area contributed by atoms with E-state index in [1.807, 2.05) is 0 Å². The summed E-state index contributed by atoms with van der Waals surface area (Å²) in [6, 6.07) is 3.91. The molecule has 1 rings (SSSR count). The number of nitrogens with two attached hydrogens (primary N) is 2. The second-order valence-electron chi connectivity index (χ2n) is 4.29. The molecule has 1 amide bonds. The fourth-order valence-corrected chi connectivity index (χ4v) is 1.77. The third-order valence-corrected chi connectivity index (χ3v) is 2.74. The average molecular weight is 269 g/mol. The standard InChI is InChI=1S/C13H20FN3O2/c1-19-8-10(3-2-6-15)17-12-7-9(13(16)18)4-5-11(12)14/h4-5,7,10,17H,2-3,6,8,15H2,1H3,(H2,16,18). The van der Waals surface area contributed by atoms with Crippen molar-refractivity contribution >= 4 is 11.6 Å². The maximum absolute atomic E-state index is 13.7. The lowest BCUT2D eigenvalue weighted by atomic mass is 10.1. The molecule has 1 aromatic carbocycles. The van der Waals surface area contributed by atoms with Crippen molar-refractivity contribution in [2.45, 2.75) is 18.9 Å². The van der Waals surface area contributed by atoms with Gasteiger partial charge >= 0.3 is 0 Å². The number of carbonyl (C=O) groups is 1. The van der Waals surface area contributed by atoms with Crippen LogP contribution in [0.2, 0.25) is 0 Å². The van der Waals surface area contributed by atoms with Gasteiger partial charge in [-0.25, -0.2) is 4.39 Å². The normalized spacial score (nSPS) is 12.2. The van der Waals surface area contributed by atoms with E-state index in [1.54, 1.807) is 7.11 Å². The fraction of sp³-hybridized carbons (Fsp3) is 0.462. The Kier molecular flexibility index (Phi) is 6.24. The Hall–Kier alpha value is -1.66. The number of nitrogens with one attached hydrogen (secondary N) is 1. The van der Waals surface area contributed by atoms with Gasteiger partial charge in [0, 0.05) is 18.7 Å². The predicted molar refractivity (Wildman–Crippen MR) is 72.5 cm³/mol. The average Bonchev–Trinajstić information content (AvgIpc) is 2.38. The van der Waals surface area contributed by atoms with Crippen LogP contribution in [0.4, 0.5) is 10.1 Å². The zero-order chi connectivity index (χ0) is 14.3. The lowest BCUT2D eigenvalue weighted by molar-refractivity contribution is 0.100. The van der Waals surface area contributed by atoms with Gasteiger partial charge in [0.05, 0.1) is 12.3 Å². The number of benzene rings is 1. The van der Waals surface area contributed by atoms with Gasteiger partial charge in [-0.3, -0.25) is 4.79 Å². The van der Waals surface area contributed by atoms with Crippen LogP contribution >= 0.6 is 0 Å². The molecule has 1 atom stereocenters. The molecule has 0 aliphatic carbocycles. The molecule has 0 saturated carbocycles. The fourth-order valence-electron chi connectivity index (χ4n) is 1.77. The van der Waals surface area contributed by atoms with Crippen LogP contribution in [0.1, 0.15) is 23.2 Å². The van der Waals surface area contributed by atoms with Gasteiger partial charge in [0.15, 0.2) is 0 Å². The second-order valence-corrected chi connectivity index (χ2v) is 4.29. The Balaban J connectivity index is 2.81. The third kappa shape index (κ3) is 4.84. The highest BCUT2D eigenvalue weighted by Gasteiger charge is 2.12. The van der Waals surface area contributed by atoms with Crippen molar-refractivity contribution in [1.82, 2.24) is 0 Å². The van der Waals surface area contributed by atoms with Gasteiger partial charge in [0.1, 0.15) is 5.82 Å². The van der Waals surface area contributed by atoms with Crippen molar-refractivity contribution < 1.29 is 13.9 Å². The smallest absolute Gasteiger partial charge is 0.248 e. The molecule has 6 heteroatoms. The van der Waals surface area contributed by atoms with Crippen molar-refractivity contribution in [3.8, 4) is 0 Å². The van der Waals surface area contributed by atoms with E-state index in [-0.39, 0.29) is 17.3 Å². The van der Waals surface area contributed by atoms with Gasteiger partial charge in [0.2, 0.25) is 5.91 Å². The topological polar surface area (TPSA) is 90.4 Å². The largest absolute Gasteiger partial charge is 0.383 e. The van der Waals surface area contributed by atoms with Gasteiger partial charge in [-0.1, -0.05) is 0 Å². The van der Waals surface area contributed by atoms with Gasteiger partial charge in [-0.05, 0) is 37.6 Å². The van der Waals surface area contributed by atoms with Crippen LogP contribution < -0.4 is 16.8 Å². The number of ether oxygens (including phenoxy) is 1. The number of amides is 1. The molecule has 5 nitrogen and oxygen atoms in total. The quantitative estimate of drug-likeness (QED) is 0.659. The molecule has 0 fully saturated rings. The Bertz CT molecular complexity index is 426. The molecule has 5 N–H and O–H groups in total. The van der Waals surface area contributed by atoms with E-state index < -0.39 is 11.7 Å². The highest BCUT2D eigenvalue weighted by atomic mass is 19.1. The van der Waals surface area contributed by atoms with E-state index in [9.17, 15) is 9.18 Å². The van der Waals surface area contributed by atoms with Crippen LogP contribution in [0.15, 0.2) is 18.2 Å². The Labute approximate surface area is 112 Å². The molecule has 106 valence electrons. The van der Waals surface area contributed by atoms with Gasteiger partial charge < -0.3 is 21.5 Å². The lowest BCUT2D eigenvalue weighted by Crippen LogP contribution is -2.26. The molecule has 1 unspecified atom stereocenters. The Morgan fingerprint density at radius 3 is 2.84 bits per heavy atom. The second kappa shape index (κ2) is 7.70. The SMILES string of the molecule is COCC(CCCN)Nc1cc(C(N)=O)ccc1F. The minimum Gasteiger partial charge on any atom is -0.383 e. The maximum Gasteiger partial charge on any atom is 0.248 e. The predicted octanol–water partition coefficient (Wildman–Crippen LogP) is 1.09. The summed E-state index contributed by atoms with van der Waals surface area (Å²) >= 11 is 0. The summed E-state index contributed by atoms with van der Waals surface area (Å²) < 4.78 is 18.7. The van der Waals surface area contributed by atoms with Gasteiger partial charge in [0.25, 0.3) is 0 Å². The first kappa shape index (κ1) is 15.4. The van der Waals surface area contributed by atoms with E-state index in [4.69, 9.17) is 16.2 Å². The molecule has 0 saturated heterocycles. The van der Waals surface area contributed by atoms with Crippen LogP contribution in [0.5, 0.6) is 0 Å². The molecule has 0 aromatic heterocycles. The highest BCUT2D eigenvalue weighted by Crippen LogP contribution is 2.18. The van der Waals surface area contributed by atoms with E-state index in [0.717, 1.165) is 12.8 Å². The van der Waals surface area contributed by atoms with Crippen molar-refractivity contribution in [2.75, 3.05) is 25.6 Å². The number of rotatable bonds is 8. The number of hydrogen-bond donors (Lipinski definition) is 3. The molecule has 0 radical (unpaired) electrons. The molecule has 0 heterocycles. The lowest BCUT2D eigenvalue weighted by Gasteiger charge is -2.19.